The Hall–Kier alpha value is -1.14. The van der Waals surface area contributed by atoms with Crippen LogP contribution >= 0.6 is 10.7 Å². The van der Waals surface area contributed by atoms with Gasteiger partial charge in [0.05, 0.1) is 10.5 Å². The molecule has 0 heterocycles. The van der Waals surface area contributed by atoms with Crippen molar-refractivity contribution in [1.82, 2.24) is 5.32 Å². The molecular formula is C14H19ClFNO3S. The van der Waals surface area contributed by atoms with Gasteiger partial charge in [-0.3, -0.25) is 4.79 Å². The maximum atomic E-state index is 13.7. The van der Waals surface area contributed by atoms with Gasteiger partial charge in [0, 0.05) is 16.7 Å². The summed E-state index contributed by atoms with van der Waals surface area (Å²) in [7, 11) is 1.20. The van der Waals surface area contributed by atoms with E-state index in [1.807, 2.05) is 20.8 Å². The third-order valence-electron chi connectivity index (χ3n) is 3.58. The molecule has 0 aromatic heterocycles. The molecular weight excluding hydrogens is 317 g/mol. The van der Waals surface area contributed by atoms with Crippen LogP contribution in [0.25, 0.3) is 0 Å². The zero-order valence-corrected chi connectivity index (χ0v) is 13.8. The number of hydrogen-bond donors (Lipinski definition) is 1. The first-order chi connectivity index (χ1) is 9.70. The Bertz CT molecular complexity index is 615. The monoisotopic (exact) mass is 335 g/mol. The maximum absolute atomic E-state index is 13.7. The molecule has 0 saturated carbocycles. The molecule has 0 aliphatic rings. The summed E-state index contributed by atoms with van der Waals surface area (Å²) < 4.78 is 36.2. The minimum atomic E-state index is -4.00. The Balaban J connectivity index is 3.02. The number of carbonyl (C=O) groups is 1. The number of amides is 1. The van der Waals surface area contributed by atoms with Crippen LogP contribution < -0.4 is 5.32 Å². The topological polar surface area (TPSA) is 63.2 Å². The minimum Gasteiger partial charge on any atom is -0.349 e. The van der Waals surface area contributed by atoms with Crippen molar-refractivity contribution in [3.05, 3.63) is 29.6 Å². The van der Waals surface area contributed by atoms with Crippen LogP contribution in [0.4, 0.5) is 4.39 Å². The summed E-state index contributed by atoms with van der Waals surface area (Å²) in [4.78, 5) is 11.8. The molecule has 1 aromatic carbocycles. The van der Waals surface area contributed by atoms with Gasteiger partial charge in [0.2, 0.25) is 0 Å². The van der Waals surface area contributed by atoms with Gasteiger partial charge in [0.25, 0.3) is 15.0 Å². The second-order valence-electron chi connectivity index (χ2n) is 4.92. The van der Waals surface area contributed by atoms with Crippen LogP contribution in [-0.2, 0) is 9.05 Å². The fourth-order valence-electron chi connectivity index (χ4n) is 2.23. The van der Waals surface area contributed by atoms with Crippen molar-refractivity contribution in [2.24, 2.45) is 5.92 Å². The van der Waals surface area contributed by atoms with E-state index in [4.69, 9.17) is 10.7 Å². The molecule has 1 amide bonds. The van der Waals surface area contributed by atoms with Crippen molar-refractivity contribution in [2.45, 2.75) is 44.6 Å². The summed E-state index contributed by atoms with van der Waals surface area (Å²) >= 11 is 0. The molecule has 1 atom stereocenters. The normalized spacial score (nSPS) is 13.2. The predicted molar refractivity (Wildman–Crippen MR) is 80.4 cm³/mol. The SMILES string of the molecule is CCC(CC)C(C)NC(=O)c1cc(S(=O)(=O)Cl)ccc1F. The quantitative estimate of drug-likeness (QED) is 0.811. The van der Waals surface area contributed by atoms with Crippen LogP contribution in [0.1, 0.15) is 44.0 Å². The zero-order valence-electron chi connectivity index (χ0n) is 12.2. The molecule has 0 aliphatic carbocycles. The van der Waals surface area contributed by atoms with Crippen LogP contribution in [0.15, 0.2) is 23.1 Å². The Kier molecular flexibility index (Phi) is 6.16. The van der Waals surface area contributed by atoms with E-state index in [9.17, 15) is 17.6 Å². The van der Waals surface area contributed by atoms with Gasteiger partial charge >= 0.3 is 0 Å². The second-order valence-corrected chi connectivity index (χ2v) is 7.48. The van der Waals surface area contributed by atoms with Crippen molar-refractivity contribution < 1.29 is 17.6 Å². The zero-order chi connectivity index (χ0) is 16.2. The molecule has 1 rings (SSSR count). The van der Waals surface area contributed by atoms with Gasteiger partial charge in [-0.1, -0.05) is 26.7 Å². The molecule has 1 unspecified atom stereocenters. The lowest BCUT2D eigenvalue weighted by Gasteiger charge is -2.22. The largest absolute Gasteiger partial charge is 0.349 e. The summed E-state index contributed by atoms with van der Waals surface area (Å²) in [6.07, 6.45) is 1.77. The number of halogens is 2. The van der Waals surface area contributed by atoms with Crippen molar-refractivity contribution in [3.63, 3.8) is 0 Å². The lowest BCUT2D eigenvalue weighted by Crippen LogP contribution is -2.38. The Labute approximate surface area is 129 Å². The number of benzene rings is 1. The highest BCUT2D eigenvalue weighted by Crippen LogP contribution is 2.19. The molecule has 0 spiro atoms. The van der Waals surface area contributed by atoms with E-state index in [1.54, 1.807) is 0 Å². The highest BCUT2D eigenvalue weighted by Gasteiger charge is 2.21. The number of nitrogens with one attached hydrogen (secondary N) is 1. The van der Waals surface area contributed by atoms with Gasteiger partial charge in [-0.15, -0.1) is 0 Å². The molecule has 0 radical (unpaired) electrons. The first-order valence-corrected chi connectivity index (χ1v) is 9.06. The summed E-state index contributed by atoms with van der Waals surface area (Å²) in [6.45, 7) is 5.87. The van der Waals surface area contributed by atoms with Gasteiger partial charge in [0.1, 0.15) is 5.82 Å². The average molecular weight is 336 g/mol. The number of rotatable bonds is 6. The average Bonchev–Trinajstić information content (AvgIpc) is 2.39. The van der Waals surface area contributed by atoms with E-state index >= 15 is 0 Å². The van der Waals surface area contributed by atoms with E-state index in [0.717, 1.165) is 31.0 Å². The summed E-state index contributed by atoms with van der Waals surface area (Å²) in [5.41, 5.74) is -0.325. The third-order valence-corrected chi connectivity index (χ3v) is 4.93. The number of hydrogen-bond acceptors (Lipinski definition) is 3. The molecule has 0 saturated heterocycles. The van der Waals surface area contributed by atoms with Gasteiger partial charge in [0.15, 0.2) is 0 Å². The van der Waals surface area contributed by atoms with E-state index in [1.165, 1.54) is 0 Å². The van der Waals surface area contributed by atoms with Gasteiger partial charge in [-0.2, -0.15) is 0 Å². The van der Waals surface area contributed by atoms with Crippen LogP contribution in [0.3, 0.4) is 0 Å². The van der Waals surface area contributed by atoms with E-state index in [0.29, 0.717) is 0 Å². The van der Waals surface area contributed by atoms with E-state index in [-0.39, 0.29) is 22.4 Å². The highest BCUT2D eigenvalue weighted by atomic mass is 35.7. The fraction of sp³-hybridized carbons (Fsp3) is 0.500. The van der Waals surface area contributed by atoms with E-state index in [2.05, 4.69) is 5.32 Å². The third kappa shape index (κ3) is 4.68. The molecule has 0 fully saturated rings. The Morgan fingerprint density at radius 1 is 1.33 bits per heavy atom. The van der Waals surface area contributed by atoms with Crippen molar-refractivity contribution >= 4 is 25.6 Å². The molecule has 1 aromatic rings. The lowest BCUT2D eigenvalue weighted by atomic mass is 9.95. The second kappa shape index (κ2) is 7.22. The van der Waals surface area contributed by atoms with Crippen LogP contribution in [0.5, 0.6) is 0 Å². The minimum absolute atomic E-state index is 0.136. The summed E-state index contributed by atoms with van der Waals surface area (Å²) in [5, 5.41) is 2.70. The van der Waals surface area contributed by atoms with Crippen LogP contribution in [0.2, 0.25) is 0 Å². The number of carbonyl (C=O) groups excluding carboxylic acids is 1. The van der Waals surface area contributed by atoms with Crippen LogP contribution in [-0.4, -0.2) is 20.4 Å². The van der Waals surface area contributed by atoms with Crippen LogP contribution in [0, 0.1) is 11.7 Å². The highest BCUT2D eigenvalue weighted by molar-refractivity contribution is 8.13. The fourth-order valence-corrected chi connectivity index (χ4v) is 3.01. The Morgan fingerprint density at radius 3 is 2.38 bits per heavy atom. The van der Waals surface area contributed by atoms with Crippen molar-refractivity contribution in [2.75, 3.05) is 0 Å². The van der Waals surface area contributed by atoms with Gasteiger partial charge < -0.3 is 5.32 Å². The van der Waals surface area contributed by atoms with Crippen molar-refractivity contribution in [3.8, 4) is 0 Å². The van der Waals surface area contributed by atoms with Gasteiger partial charge in [-0.05, 0) is 31.0 Å². The first-order valence-electron chi connectivity index (χ1n) is 6.75. The molecule has 0 bridgehead atoms. The standard InChI is InChI=1S/C14H19ClFNO3S/c1-4-10(5-2)9(3)17-14(18)12-8-11(21(15,19)20)6-7-13(12)16/h6-10H,4-5H2,1-3H3,(H,17,18). The molecule has 118 valence electrons. The molecule has 0 aliphatic heterocycles. The summed E-state index contributed by atoms with van der Waals surface area (Å²) in [6, 6.07) is 2.76. The van der Waals surface area contributed by atoms with Gasteiger partial charge in [-0.25, -0.2) is 12.8 Å². The molecule has 4 nitrogen and oxygen atoms in total. The first kappa shape index (κ1) is 17.9. The Morgan fingerprint density at radius 2 is 1.90 bits per heavy atom. The molecule has 21 heavy (non-hydrogen) atoms. The smallest absolute Gasteiger partial charge is 0.261 e. The van der Waals surface area contributed by atoms with E-state index < -0.39 is 20.8 Å². The lowest BCUT2D eigenvalue weighted by molar-refractivity contribution is 0.0921. The van der Waals surface area contributed by atoms with Crippen molar-refractivity contribution in [1.29, 1.82) is 0 Å². The maximum Gasteiger partial charge on any atom is 0.261 e. The summed E-state index contributed by atoms with van der Waals surface area (Å²) in [5.74, 6) is -1.15. The molecule has 7 heteroatoms. The predicted octanol–water partition coefficient (Wildman–Crippen LogP) is 3.31. The molecule has 1 N–H and O–H groups in total.